The second-order valence-electron chi connectivity index (χ2n) is 5.63. The van der Waals surface area contributed by atoms with Crippen LogP contribution in [0.4, 0.5) is 0 Å². The maximum absolute atomic E-state index is 11.2. The molecule has 18 heavy (non-hydrogen) atoms. The number of rotatable bonds is 5. The van der Waals surface area contributed by atoms with E-state index in [0.717, 1.165) is 32.1 Å². The number of methoxy groups -OCH3 is 1. The van der Waals surface area contributed by atoms with Crippen LogP contribution in [-0.4, -0.2) is 62.1 Å². The molecule has 2 aliphatic rings. The van der Waals surface area contributed by atoms with Crippen molar-refractivity contribution in [2.45, 2.75) is 32.1 Å². The molecule has 0 unspecified atom stereocenters. The summed E-state index contributed by atoms with van der Waals surface area (Å²) in [5, 5.41) is 0. The summed E-state index contributed by atoms with van der Waals surface area (Å²) in [5.41, 5.74) is 0. The molecule has 0 N–H and O–H groups in total. The van der Waals surface area contributed by atoms with E-state index in [1.807, 2.05) is 0 Å². The van der Waals surface area contributed by atoms with Crippen LogP contribution in [0.15, 0.2) is 0 Å². The van der Waals surface area contributed by atoms with Crippen molar-refractivity contribution >= 4 is 5.97 Å². The Bertz CT molecular complexity index is 257. The Morgan fingerprint density at radius 2 is 1.72 bits per heavy atom. The highest BCUT2D eigenvalue weighted by Gasteiger charge is 2.21. The molecule has 4 heteroatoms. The Morgan fingerprint density at radius 3 is 2.33 bits per heavy atom. The summed E-state index contributed by atoms with van der Waals surface area (Å²) in [6.45, 7) is 5.90. The average Bonchev–Trinajstić information content (AvgIpc) is 2.91. The van der Waals surface area contributed by atoms with Gasteiger partial charge in [0.05, 0.1) is 13.7 Å². The lowest BCUT2D eigenvalue weighted by atomic mass is 10.0. The molecular weight excluding hydrogens is 228 g/mol. The summed E-state index contributed by atoms with van der Waals surface area (Å²) < 4.78 is 4.70. The number of carbonyl (C=O) groups is 1. The van der Waals surface area contributed by atoms with Crippen molar-refractivity contribution in [1.29, 1.82) is 0 Å². The fourth-order valence-electron chi connectivity index (χ4n) is 3.08. The van der Waals surface area contributed by atoms with Crippen molar-refractivity contribution < 1.29 is 9.53 Å². The fourth-order valence-corrected chi connectivity index (χ4v) is 3.08. The first-order valence-corrected chi connectivity index (χ1v) is 7.29. The minimum atomic E-state index is -0.116. The number of piperazine rings is 1. The van der Waals surface area contributed by atoms with Crippen molar-refractivity contribution in [3.63, 3.8) is 0 Å². The number of hydrogen-bond acceptors (Lipinski definition) is 4. The third-order valence-electron chi connectivity index (χ3n) is 4.37. The van der Waals surface area contributed by atoms with Gasteiger partial charge in [0.1, 0.15) is 0 Å². The molecule has 1 aliphatic heterocycles. The van der Waals surface area contributed by atoms with Gasteiger partial charge in [-0.25, -0.2) is 0 Å². The summed E-state index contributed by atoms with van der Waals surface area (Å²) in [4.78, 5) is 15.9. The molecule has 0 amide bonds. The van der Waals surface area contributed by atoms with E-state index in [0.29, 0.717) is 6.54 Å². The Kier molecular flexibility index (Phi) is 5.45. The van der Waals surface area contributed by atoms with E-state index in [1.165, 1.54) is 45.8 Å². The second-order valence-corrected chi connectivity index (χ2v) is 5.63. The van der Waals surface area contributed by atoms with E-state index < -0.39 is 0 Å². The first-order valence-electron chi connectivity index (χ1n) is 7.29. The minimum absolute atomic E-state index is 0.116. The SMILES string of the molecule is COC(=O)CN1CCN(CCC2CCCC2)CC1. The van der Waals surface area contributed by atoms with E-state index >= 15 is 0 Å². The lowest BCUT2D eigenvalue weighted by Gasteiger charge is -2.34. The molecule has 0 aromatic carbocycles. The Hall–Kier alpha value is -0.610. The summed E-state index contributed by atoms with van der Waals surface area (Å²) in [7, 11) is 1.46. The number of nitrogens with zero attached hydrogens (tertiary/aromatic N) is 2. The van der Waals surface area contributed by atoms with Crippen LogP contribution in [0.1, 0.15) is 32.1 Å². The molecule has 0 atom stereocenters. The number of hydrogen-bond donors (Lipinski definition) is 0. The van der Waals surface area contributed by atoms with Crippen LogP contribution in [0.25, 0.3) is 0 Å². The van der Waals surface area contributed by atoms with E-state index in [4.69, 9.17) is 4.74 Å². The summed E-state index contributed by atoms with van der Waals surface area (Å²) in [6.07, 6.45) is 7.15. The van der Waals surface area contributed by atoms with Gasteiger partial charge in [-0.2, -0.15) is 0 Å². The van der Waals surface area contributed by atoms with Crippen LogP contribution in [0, 0.1) is 5.92 Å². The third kappa shape index (κ3) is 4.25. The van der Waals surface area contributed by atoms with Gasteiger partial charge in [-0.05, 0) is 18.9 Å². The van der Waals surface area contributed by atoms with Gasteiger partial charge in [0.25, 0.3) is 0 Å². The number of carbonyl (C=O) groups excluding carboxylic acids is 1. The molecule has 1 aliphatic carbocycles. The molecule has 0 spiro atoms. The zero-order valence-corrected chi connectivity index (χ0v) is 11.6. The summed E-state index contributed by atoms with van der Waals surface area (Å²) in [6, 6.07) is 0. The lowest BCUT2D eigenvalue weighted by Crippen LogP contribution is -2.48. The predicted molar refractivity (Wildman–Crippen MR) is 71.5 cm³/mol. The van der Waals surface area contributed by atoms with Gasteiger partial charge >= 0.3 is 5.97 Å². The number of ether oxygens (including phenoxy) is 1. The monoisotopic (exact) mass is 254 g/mol. The molecule has 4 nitrogen and oxygen atoms in total. The third-order valence-corrected chi connectivity index (χ3v) is 4.37. The molecule has 1 heterocycles. The molecule has 0 radical (unpaired) electrons. The zero-order chi connectivity index (χ0) is 12.8. The maximum Gasteiger partial charge on any atom is 0.319 e. The van der Waals surface area contributed by atoms with Gasteiger partial charge in [0.2, 0.25) is 0 Å². The summed E-state index contributed by atoms with van der Waals surface area (Å²) in [5.74, 6) is 0.868. The Balaban J connectivity index is 1.59. The lowest BCUT2D eigenvalue weighted by molar-refractivity contribution is -0.142. The molecule has 2 fully saturated rings. The Morgan fingerprint density at radius 1 is 1.11 bits per heavy atom. The van der Waals surface area contributed by atoms with Gasteiger partial charge in [-0.3, -0.25) is 9.69 Å². The standard InChI is InChI=1S/C14H26N2O2/c1-18-14(17)12-16-10-8-15(9-11-16)7-6-13-4-2-3-5-13/h13H,2-12H2,1H3. The second kappa shape index (κ2) is 7.10. The van der Waals surface area contributed by atoms with Gasteiger partial charge < -0.3 is 9.64 Å². The first-order chi connectivity index (χ1) is 8.78. The summed E-state index contributed by atoms with van der Waals surface area (Å²) >= 11 is 0. The topological polar surface area (TPSA) is 32.8 Å². The maximum atomic E-state index is 11.2. The van der Waals surface area contributed by atoms with E-state index in [1.54, 1.807) is 0 Å². The number of esters is 1. The van der Waals surface area contributed by atoms with E-state index in [-0.39, 0.29) is 5.97 Å². The van der Waals surface area contributed by atoms with Gasteiger partial charge in [-0.1, -0.05) is 25.7 Å². The predicted octanol–water partition coefficient (Wildman–Crippen LogP) is 1.36. The molecule has 104 valence electrons. The molecule has 0 bridgehead atoms. The first kappa shape index (κ1) is 13.8. The van der Waals surface area contributed by atoms with Crippen molar-refractivity contribution in [3.8, 4) is 0 Å². The van der Waals surface area contributed by atoms with E-state index in [2.05, 4.69) is 9.80 Å². The smallest absolute Gasteiger partial charge is 0.319 e. The van der Waals surface area contributed by atoms with Crippen molar-refractivity contribution in [2.24, 2.45) is 5.92 Å². The van der Waals surface area contributed by atoms with Crippen LogP contribution in [-0.2, 0) is 9.53 Å². The molecule has 1 saturated heterocycles. The normalized spacial score (nSPS) is 23.4. The average molecular weight is 254 g/mol. The van der Waals surface area contributed by atoms with Crippen LogP contribution in [0.2, 0.25) is 0 Å². The highest BCUT2D eigenvalue weighted by Crippen LogP contribution is 2.27. The van der Waals surface area contributed by atoms with Crippen molar-refractivity contribution in [1.82, 2.24) is 9.80 Å². The van der Waals surface area contributed by atoms with Crippen LogP contribution < -0.4 is 0 Å². The largest absolute Gasteiger partial charge is 0.468 e. The van der Waals surface area contributed by atoms with Crippen molar-refractivity contribution in [2.75, 3.05) is 46.4 Å². The Labute approximate surface area is 110 Å². The zero-order valence-electron chi connectivity index (χ0n) is 11.6. The fraction of sp³-hybridized carbons (Fsp3) is 0.929. The van der Waals surface area contributed by atoms with Crippen LogP contribution in [0.3, 0.4) is 0 Å². The highest BCUT2D eigenvalue weighted by atomic mass is 16.5. The molecular formula is C14H26N2O2. The van der Waals surface area contributed by atoms with Gasteiger partial charge in [-0.15, -0.1) is 0 Å². The highest BCUT2D eigenvalue weighted by molar-refractivity contribution is 5.71. The van der Waals surface area contributed by atoms with Gasteiger partial charge in [0, 0.05) is 26.2 Å². The molecule has 0 aromatic rings. The van der Waals surface area contributed by atoms with Crippen LogP contribution >= 0.6 is 0 Å². The molecule has 2 rings (SSSR count). The van der Waals surface area contributed by atoms with Crippen molar-refractivity contribution in [3.05, 3.63) is 0 Å². The molecule has 1 saturated carbocycles. The quantitative estimate of drug-likeness (QED) is 0.694. The minimum Gasteiger partial charge on any atom is -0.468 e. The molecule has 0 aromatic heterocycles. The van der Waals surface area contributed by atoms with Gasteiger partial charge in [0.15, 0.2) is 0 Å². The van der Waals surface area contributed by atoms with Crippen LogP contribution in [0.5, 0.6) is 0 Å². The van der Waals surface area contributed by atoms with E-state index in [9.17, 15) is 4.79 Å².